The molecule has 5 heteroatoms. The molecule has 0 aliphatic carbocycles. The van der Waals surface area contributed by atoms with Crippen molar-refractivity contribution in [1.82, 2.24) is 4.98 Å². The molecule has 0 radical (unpaired) electrons. The molecule has 0 fully saturated rings. The van der Waals surface area contributed by atoms with E-state index in [4.69, 9.17) is 17.3 Å². The van der Waals surface area contributed by atoms with Gasteiger partial charge in [0.05, 0.1) is 26.8 Å². The second kappa shape index (κ2) is 3.89. The van der Waals surface area contributed by atoms with Crippen molar-refractivity contribution in [1.29, 1.82) is 0 Å². The minimum absolute atomic E-state index is 0.0741. The number of hydrogen-bond donors (Lipinski definition) is 1. The van der Waals surface area contributed by atoms with Crippen LogP contribution < -0.4 is 5.73 Å². The van der Waals surface area contributed by atoms with Crippen molar-refractivity contribution in [2.75, 3.05) is 0 Å². The minimum atomic E-state index is -0.603. The number of halogens is 1. The molecule has 1 aromatic carbocycles. The molecule has 2 rings (SSSR count). The summed E-state index contributed by atoms with van der Waals surface area (Å²) in [5, 5.41) is 0.542. The maximum atomic E-state index is 11.1. The highest BCUT2D eigenvalue weighted by molar-refractivity contribution is 7.16. The van der Waals surface area contributed by atoms with Gasteiger partial charge in [0.25, 0.3) is 0 Å². The molecular formula is C10H9ClN2OS. The lowest BCUT2D eigenvalue weighted by atomic mass is 10.0. The first kappa shape index (κ1) is 10.5. The number of benzene rings is 1. The summed E-state index contributed by atoms with van der Waals surface area (Å²) in [6.45, 7) is 1.47. The molecule has 15 heavy (non-hydrogen) atoms. The SMILES string of the molecule is CC(=O)C(N)c1cc(Cl)c2ncsc2c1. The van der Waals surface area contributed by atoms with E-state index < -0.39 is 6.04 Å². The Hall–Kier alpha value is -0.970. The lowest BCUT2D eigenvalue weighted by molar-refractivity contribution is -0.118. The Labute approximate surface area is 95.9 Å². The van der Waals surface area contributed by atoms with E-state index in [1.54, 1.807) is 11.6 Å². The number of rotatable bonds is 2. The average molecular weight is 241 g/mol. The summed E-state index contributed by atoms with van der Waals surface area (Å²) in [7, 11) is 0. The molecule has 1 atom stereocenters. The normalized spacial score (nSPS) is 13.0. The number of carbonyl (C=O) groups is 1. The quantitative estimate of drug-likeness (QED) is 0.878. The molecule has 0 bridgehead atoms. The highest BCUT2D eigenvalue weighted by Gasteiger charge is 2.14. The molecule has 0 aliphatic rings. The first-order chi connectivity index (χ1) is 7.09. The van der Waals surface area contributed by atoms with Gasteiger partial charge in [-0.05, 0) is 24.6 Å². The van der Waals surface area contributed by atoms with Gasteiger partial charge >= 0.3 is 0 Å². The lowest BCUT2D eigenvalue weighted by Crippen LogP contribution is -2.18. The highest BCUT2D eigenvalue weighted by Crippen LogP contribution is 2.29. The maximum absolute atomic E-state index is 11.1. The van der Waals surface area contributed by atoms with Gasteiger partial charge < -0.3 is 5.73 Å². The Morgan fingerprint density at radius 1 is 1.60 bits per heavy atom. The van der Waals surface area contributed by atoms with Gasteiger partial charge in [0.2, 0.25) is 0 Å². The van der Waals surface area contributed by atoms with Crippen molar-refractivity contribution in [2.45, 2.75) is 13.0 Å². The molecule has 0 spiro atoms. The fourth-order valence-corrected chi connectivity index (χ4v) is 2.44. The number of carbonyl (C=O) groups excluding carboxylic acids is 1. The van der Waals surface area contributed by atoms with E-state index in [2.05, 4.69) is 4.98 Å². The number of thiazole rings is 1. The van der Waals surface area contributed by atoms with Crippen LogP contribution in [-0.4, -0.2) is 10.8 Å². The molecule has 3 nitrogen and oxygen atoms in total. The van der Waals surface area contributed by atoms with Crippen LogP contribution >= 0.6 is 22.9 Å². The Bertz CT molecular complexity index is 523. The topological polar surface area (TPSA) is 56.0 Å². The van der Waals surface area contributed by atoms with Crippen molar-refractivity contribution in [3.63, 3.8) is 0 Å². The summed E-state index contributed by atoms with van der Waals surface area (Å²) in [5.74, 6) is -0.0741. The molecule has 0 amide bonds. The van der Waals surface area contributed by atoms with Gasteiger partial charge in [0.15, 0.2) is 5.78 Å². The molecular weight excluding hydrogens is 232 g/mol. The van der Waals surface area contributed by atoms with E-state index in [1.807, 2.05) is 6.07 Å². The van der Waals surface area contributed by atoms with Gasteiger partial charge in [-0.1, -0.05) is 11.6 Å². The first-order valence-corrected chi connectivity index (χ1v) is 5.64. The number of Topliss-reactive ketones (excluding diaryl/α,β-unsaturated/α-hetero) is 1. The van der Waals surface area contributed by atoms with Gasteiger partial charge in [-0.15, -0.1) is 11.3 Å². The predicted octanol–water partition coefficient (Wildman–Crippen LogP) is 2.54. The van der Waals surface area contributed by atoms with Crippen molar-refractivity contribution in [2.24, 2.45) is 5.73 Å². The van der Waals surface area contributed by atoms with Crippen LogP contribution in [0.4, 0.5) is 0 Å². The second-order valence-electron chi connectivity index (χ2n) is 3.29. The first-order valence-electron chi connectivity index (χ1n) is 4.38. The summed E-state index contributed by atoms with van der Waals surface area (Å²) in [6.07, 6.45) is 0. The third-order valence-electron chi connectivity index (χ3n) is 2.21. The summed E-state index contributed by atoms with van der Waals surface area (Å²) in [4.78, 5) is 15.3. The fourth-order valence-electron chi connectivity index (χ4n) is 1.36. The smallest absolute Gasteiger partial charge is 0.150 e. The van der Waals surface area contributed by atoms with Crippen molar-refractivity contribution in [3.8, 4) is 0 Å². The standard InChI is InChI=1S/C10H9ClN2OS/c1-5(14)9(12)6-2-7(11)10-8(3-6)15-4-13-10/h2-4,9H,12H2,1H3. The molecule has 0 aliphatic heterocycles. The van der Waals surface area contributed by atoms with Crippen LogP contribution in [0.2, 0.25) is 5.02 Å². The molecule has 1 unspecified atom stereocenters. The van der Waals surface area contributed by atoms with Crippen LogP contribution in [0.3, 0.4) is 0 Å². The third kappa shape index (κ3) is 1.88. The van der Waals surface area contributed by atoms with Crippen molar-refractivity contribution >= 4 is 38.9 Å². The van der Waals surface area contributed by atoms with Gasteiger partial charge in [-0.3, -0.25) is 4.79 Å². The lowest BCUT2D eigenvalue weighted by Gasteiger charge is -2.08. The van der Waals surface area contributed by atoms with E-state index in [0.717, 1.165) is 15.8 Å². The fraction of sp³-hybridized carbons (Fsp3) is 0.200. The van der Waals surface area contributed by atoms with Crippen molar-refractivity contribution in [3.05, 3.63) is 28.2 Å². The molecule has 78 valence electrons. The second-order valence-corrected chi connectivity index (χ2v) is 4.58. The van der Waals surface area contributed by atoms with Gasteiger partial charge in [-0.2, -0.15) is 0 Å². The Balaban J connectivity index is 2.58. The molecule has 1 aromatic heterocycles. The summed E-state index contributed by atoms with van der Waals surface area (Å²) >= 11 is 7.51. The monoisotopic (exact) mass is 240 g/mol. The number of ketones is 1. The van der Waals surface area contributed by atoms with Crippen LogP contribution in [0, 0.1) is 0 Å². The van der Waals surface area contributed by atoms with E-state index >= 15 is 0 Å². The summed E-state index contributed by atoms with van der Waals surface area (Å²) in [5.41, 5.74) is 8.97. The van der Waals surface area contributed by atoms with Crippen LogP contribution in [-0.2, 0) is 4.79 Å². The zero-order valence-electron chi connectivity index (χ0n) is 8.03. The zero-order valence-corrected chi connectivity index (χ0v) is 9.60. The zero-order chi connectivity index (χ0) is 11.0. The van der Waals surface area contributed by atoms with Crippen LogP contribution in [0.1, 0.15) is 18.5 Å². The minimum Gasteiger partial charge on any atom is -0.318 e. The Morgan fingerprint density at radius 2 is 2.33 bits per heavy atom. The van der Waals surface area contributed by atoms with Crippen molar-refractivity contribution < 1.29 is 4.79 Å². The number of fused-ring (bicyclic) bond motifs is 1. The van der Waals surface area contributed by atoms with Crippen LogP contribution in [0.15, 0.2) is 17.6 Å². The predicted molar refractivity (Wildman–Crippen MR) is 62.2 cm³/mol. The number of aromatic nitrogens is 1. The summed E-state index contributed by atoms with van der Waals surface area (Å²) < 4.78 is 0.953. The molecule has 1 heterocycles. The Morgan fingerprint density at radius 3 is 3.00 bits per heavy atom. The van der Waals surface area contributed by atoms with E-state index in [1.165, 1.54) is 18.3 Å². The molecule has 2 N–H and O–H groups in total. The third-order valence-corrected chi connectivity index (χ3v) is 3.27. The van der Waals surface area contributed by atoms with Gasteiger partial charge in [0, 0.05) is 0 Å². The van der Waals surface area contributed by atoms with E-state index in [0.29, 0.717) is 5.02 Å². The largest absolute Gasteiger partial charge is 0.318 e. The number of nitrogens with two attached hydrogens (primary N) is 1. The van der Waals surface area contributed by atoms with E-state index in [-0.39, 0.29) is 5.78 Å². The molecule has 0 saturated carbocycles. The van der Waals surface area contributed by atoms with Crippen LogP contribution in [0.25, 0.3) is 10.2 Å². The average Bonchev–Trinajstić information content (AvgIpc) is 2.64. The highest BCUT2D eigenvalue weighted by atomic mass is 35.5. The van der Waals surface area contributed by atoms with Gasteiger partial charge in [-0.25, -0.2) is 4.98 Å². The number of nitrogens with zero attached hydrogens (tertiary/aromatic N) is 1. The Kier molecular flexibility index (Phi) is 2.73. The summed E-state index contributed by atoms with van der Waals surface area (Å²) in [6, 6.07) is 2.97. The molecule has 2 aromatic rings. The maximum Gasteiger partial charge on any atom is 0.150 e. The number of hydrogen-bond acceptors (Lipinski definition) is 4. The van der Waals surface area contributed by atoms with Gasteiger partial charge in [0.1, 0.15) is 0 Å². The van der Waals surface area contributed by atoms with E-state index in [9.17, 15) is 4.79 Å². The van der Waals surface area contributed by atoms with Crippen LogP contribution in [0.5, 0.6) is 0 Å². The molecule has 0 saturated heterocycles.